The van der Waals surface area contributed by atoms with Crippen LogP contribution in [0.15, 0.2) is 42.5 Å². The monoisotopic (exact) mass is 458 g/mol. The van der Waals surface area contributed by atoms with Gasteiger partial charge < -0.3 is 0 Å². The van der Waals surface area contributed by atoms with Crippen LogP contribution < -0.4 is 0 Å². The predicted octanol–water partition coefficient (Wildman–Crippen LogP) is 9.34. The Hall–Kier alpha value is -1.63. The maximum atomic E-state index is 13.8. The third-order valence-electron chi connectivity index (χ3n) is 11.3. The maximum Gasteiger partial charge on any atom is 0.166 e. The molecule has 2 aromatic rings. The zero-order chi connectivity index (χ0) is 24.1. The standard InChI is InChI=1S/C31H40O.C2H6/c1-20-14-16-30(2)24(18-20)10-11-25-26-12-13-28(31(26,3)17-15-27(25)30)29(32)23-9-8-21-6-4-5-7-22(21)19-23;1-2/h4-9,19-20,24-28H,10-18H2,1-3H3;1-2H3. The van der Waals surface area contributed by atoms with Crippen molar-refractivity contribution in [2.75, 3.05) is 0 Å². The van der Waals surface area contributed by atoms with Gasteiger partial charge in [-0.25, -0.2) is 0 Å². The highest BCUT2D eigenvalue weighted by molar-refractivity contribution is 6.01. The van der Waals surface area contributed by atoms with Crippen molar-refractivity contribution in [1.82, 2.24) is 0 Å². The van der Waals surface area contributed by atoms with Crippen LogP contribution in [0.25, 0.3) is 10.8 Å². The molecule has 0 radical (unpaired) electrons. The number of rotatable bonds is 2. The first-order valence-corrected chi connectivity index (χ1v) is 14.4. The predicted molar refractivity (Wildman–Crippen MR) is 144 cm³/mol. The van der Waals surface area contributed by atoms with Crippen LogP contribution in [0.4, 0.5) is 0 Å². The van der Waals surface area contributed by atoms with Crippen LogP contribution in [0.3, 0.4) is 0 Å². The first-order chi connectivity index (χ1) is 16.4. The largest absolute Gasteiger partial charge is 0.294 e. The summed E-state index contributed by atoms with van der Waals surface area (Å²) in [7, 11) is 0. The van der Waals surface area contributed by atoms with Gasteiger partial charge in [0, 0.05) is 11.5 Å². The molecule has 0 heterocycles. The molecule has 0 bridgehead atoms. The molecule has 0 N–H and O–H groups in total. The molecule has 8 unspecified atom stereocenters. The first-order valence-electron chi connectivity index (χ1n) is 14.4. The van der Waals surface area contributed by atoms with Gasteiger partial charge in [0.2, 0.25) is 0 Å². The van der Waals surface area contributed by atoms with Crippen molar-refractivity contribution in [2.24, 2.45) is 46.3 Å². The molecule has 6 rings (SSSR count). The van der Waals surface area contributed by atoms with Gasteiger partial charge in [-0.3, -0.25) is 4.79 Å². The molecule has 0 aromatic heterocycles. The van der Waals surface area contributed by atoms with Crippen LogP contribution in [-0.2, 0) is 0 Å². The van der Waals surface area contributed by atoms with Crippen molar-refractivity contribution in [3.8, 4) is 0 Å². The van der Waals surface area contributed by atoms with E-state index in [9.17, 15) is 4.79 Å². The summed E-state index contributed by atoms with van der Waals surface area (Å²) >= 11 is 0. The number of ketones is 1. The van der Waals surface area contributed by atoms with Gasteiger partial charge in [-0.1, -0.05) is 77.4 Å². The number of Topliss-reactive ketones (excluding diaryl/α,β-unsaturated/α-hetero) is 1. The van der Waals surface area contributed by atoms with E-state index in [0.717, 1.165) is 41.6 Å². The van der Waals surface area contributed by atoms with Crippen molar-refractivity contribution >= 4 is 16.6 Å². The van der Waals surface area contributed by atoms with E-state index in [1.54, 1.807) is 0 Å². The fourth-order valence-corrected chi connectivity index (χ4v) is 9.45. The van der Waals surface area contributed by atoms with Gasteiger partial charge in [0.25, 0.3) is 0 Å². The summed E-state index contributed by atoms with van der Waals surface area (Å²) in [6.45, 7) is 11.6. The Balaban J connectivity index is 0.00000117. The maximum absolute atomic E-state index is 13.8. The van der Waals surface area contributed by atoms with Crippen LogP contribution in [0.2, 0.25) is 0 Å². The van der Waals surface area contributed by atoms with Gasteiger partial charge in [-0.05, 0) is 109 Å². The summed E-state index contributed by atoms with van der Waals surface area (Å²) < 4.78 is 0. The molecule has 4 aliphatic carbocycles. The third-order valence-corrected chi connectivity index (χ3v) is 11.3. The Bertz CT molecular complexity index is 1040. The second-order valence-corrected chi connectivity index (χ2v) is 12.6. The molecule has 184 valence electrons. The van der Waals surface area contributed by atoms with E-state index >= 15 is 0 Å². The van der Waals surface area contributed by atoms with E-state index in [0.29, 0.717) is 11.2 Å². The van der Waals surface area contributed by atoms with Crippen molar-refractivity contribution in [1.29, 1.82) is 0 Å². The Morgan fingerprint density at radius 3 is 2.29 bits per heavy atom. The van der Waals surface area contributed by atoms with Crippen molar-refractivity contribution < 1.29 is 4.79 Å². The minimum atomic E-state index is 0.203. The Labute approximate surface area is 208 Å². The number of hydrogen-bond acceptors (Lipinski definition) is 1. The number of fused-ring (bicyclic) bond motifs is 6. The second-order valence-electron chi connectivity index (χ2n) is 12.6. The molecule has 0 saturated heterocycles. The molecule has 0 aliphatic heterocycles. The lowest BCUT2D eigenvalue weighted by atomic mass is 9.44. The lowest BCUT2D eigenvalue weighted by molar-refractivity contribution is -0.114. The summed E-state index contributed by atoms with van der Waals surface area (Å²) in [5.41, 5.74) is 1.71. The molecule has 1 heteroatoms. The minimum Gasteiger partial charge on any atom is -0.294 e. The molecule has 4 aliphatic rings. The first kappa shape index (κ1) is 24.1. The van der Waals surface area contributed by atoms with Crippen LogP contribution in [0, 0.1) is 46.3 Å². The molecule has 0 amide bonds. The normalized spacial score (nSPS) is 41.0. The highest BCUT2D eigenvalue weighted by Crippen LogP contribution is 2.68. The van der Waals surface area contributed by atoms with Gasteiger partial charge in [0.05, 0.1) is 0 Å². The molecule has 34 heavy (non-hydrogen) atoms. The molecule has 4 saturated carbocycles. The summed E-state index contributed by atoms with van der Waals surface area (Å²) in [5, 5.41) is 2.42. The van der Waals surface area contributed by atoms with Crippen molar-refractivity contribution in [3.05, 3.63) is 48.0 Å². The van der Waals surface area contributed by atoms with Crippen molar-refractivity contribution in [2.45, 2.75) is 92.4 Å². The number of carbonyl (C=O) groups is 1. The smallest absolute Gasteiger partial charge is 0.166 e. The average molecular weight is 459 g/mol. The number of benzene rings is 2. The highest BCUT2D eigenvalue weighted by Gasteiger charge is 2.61. The summed E-state index contributed by atoms with van der Waals surface area (Å²) in [6.07, 6.45) is 12.2. The van der Waals surface area contributed by atoms with E-state index in [1.165, 1.54) is 62.1 Å². The summed E-state index contributed by atoms with van der Waals surface area (Å²) in [6, 6.07) is 14.8. The molecule has 4 fully saturated rings. The Morgan fingerprint density at radius 1 is 0.794 bits per heavy atom. The van der Waals surface area contributed by atoms with Gasteiger partial charge in [0.1, 0.15) is 0 Å². The fraction of sp³-hybridized carbons (Fsp3) is 0.667. The van der Waals surface area contributed by atoms with E-state index in [1.807, 2.05) is 13.8 Å². The number of hydrogen-bond donors (Lipinski definition) is 0. The number of carbonyl (C=O) groups excluding carboxylic acids is 1. The van der Waals surface area contributed by atoms with Gasteiger partial charge >= 0.3 is 0 Å². The van der Waals surface area contributed by atoms with E-state index in [2.05, 4.69) is 63.2 Å². The zero-order valence-corrected chi connectivity index (χ0v) is 22.3. The van der Waals surface area contributed by atoms with Crippen LogP contribution >= 0.6 is 0 Å². The molecular formula is C33H46O. The second kappa shape index (κ2) is 9.11. The van der Waals surface area contributed by atoms with Crippen LogP contribution in [-0.4, -0.2) is 5.78 Å². The Morgan fingerprint density at radius 2 is 1.50 bits per heavy atom. The van der Waals surface area contributed by atoms with E-state index < -0.39 is 0 Å². The quantitative estimate of drug-likeness (QED) is 0.410. The van der Waals surface area contributed by atoms with Gasteiger partial charge in [0.15, 0.2) is 5.78 Å². The average Bonchev–Trinajstić information content (AvgIpc) is 3.22. The molecule has 8 atom stereocenters. The third kappa shape index (κ3) is 3.68. The lowest BCUT2D eigenvalue weighted by Crippen LogP contribution is -2.53. The van der Waals surface area contributed by atoms with Crippen LogP contribution in [0.1, 0.15) is 103 Å². The summed E-state index contributed by atoms with van der Waals surface area (Å²) in [4.78, 5) is 13.8. The topological polar surface area (TPSA) is 17.1 Å². The molecular weight excluding hydrogens is 412 g/mol. The van der Waals surface area contributed by atoms with E-state index in [-0.39, 0.29) is 11.3 Å². The SMILES string of the molecule is CC.CC1CCC2(C)C(CCC3C2CCC2(C)C(C(=O)c4ccc5ccccc5c4)CCC32)C1. The van der Waals surface area contributed by atoms with E-state index in [4.69, 9.17) is 0 Å². The van der Waals surface area contributed by atoms with Gasteiger partial charge in [-0.2, -0.15) is 0 Å². The minimum absolute atomic E-state index is 0.203. The van der Waals surface area contributed by atoms with Crippen LogP contribution in [0.5, 0.6) is 0 Å². The molecule has 0 spiro atoms. The van der Waals surface area contributed by atoms with Gasteiger partial charge in [-0.15, -0.1) is 0 Å². The summed E-state index contributed by atoms with van der Waals surface area (Å²) in [5.74, 6) is 5.03. The zero-order valence-electron chi connectivity index (χ0n) is 22.3. The molecule has 1 nitrogen and oxygen atoms in total. The van der Waals surface area contributed by atoms with Crippen molar-refractivity contribution in [3.63, 3.8) is 0 Å². The Kier molecular flexibility index (Phi) is 6.45. The lowest BCUT2D eigenvalue weighted by Gasteiger charge is -2.61. The highest BCUT2D eigenvalue weighted by atomic mass is 16.1. The molecule has 2 aromatic carbocycles. The fourth-order valence-electron chi connectivity index (χ4n) is 9.45.